The van der Waals surface area contributed by atoms with Crippen molar-refractivity contribution in [3.63, 3.8) is 0 Å². The third kappa shape index (κ3) is 5.84. The minimum atomic E-state index is -1.01. The van der Waals surface area contributed by atoms with E-state index in [-0.39, 0.29) is 23.9 Å². The molecule has 0 bridgehead atoms. The molecule has 7 nitrogen and oxygen atoms in total. The number of benzene rings is 1. The van der Waals surface area contributed by atoms with Crippen LogP contribution >= 0.6 is 39.0 Å². The highest BCUT2D eigenvalue weighted by Gasteiger charge is 2.28. The Hall–Kier alpha value is -2.05. The van der Waals surface area contributed by atoms with Gasteiger partial charge in [0.1, 0.15) is 4.70 Å². The van der Waals surface area contributed by atoms with Gasteiger partial charge in [0.25, 0.3) is 0 Å². The van der Waals surface area contributed by atoms with Crippen LogP contribution in [0.1, 0.15) is 33.3 Å². The number of hydrogen-bond donors (Lipinski definition) is 2. The minimum Gasteiger partial charge on any atom is -0.465 e. The number of nitrogens with zero attached hydrogens (tertiary/aromatic N) is 4. The van der Waals surface area contributed by atoms with E-state index in [0.717, 1.165) is 17.8 Å². The third-order valence-corrected chi connectivity index (χ3v) is 6.87. The van der Waals surface area contributed by atoms with E-state index < -0.39 is 23.3 Å². The minimum absolute atomic E-state index is 0.145. The molecule has 0 aliphatic carbocycles. The van der Waals surface area contributed by atoms with Crippen LogP contribution in [-0.2, 0) is 5.75 Å². The fourth-order valence-electron chi connectivity index (χ4n) is 2.94. The zero-order valence-corrected chi connectivity index (χ0v) is 21.0. The topological polar surface area (TPSA) is 91.2 Å². The van der Waals surface area contributed by atoms with Crippen LogP contribution in [0.4, 0.5) is 19.4 Å². The molecule has 3 aromatic rings. The molecule has 0 fully saturated rings. The van der Waals surface area contributed by atoms with E-state index in [0.29, 0.717) is 25.2 Å². The molecule has 0 aliphatic heterocycles. The summed E-state index contributed by atoms with van der Waals surface area (Å²) in [5, 5.41) is 13.2. The van der Waals surface area contributed by atoms with Gasteiger partial charge in [-0.15, -0.1) is 11.3 Å². The predicted octanol–water partition coefficient (Wildman–Crippen LogP) is 6.00. The lowest BCUT2D eigenvalue weighted by atomic mass is 10.1. The van der Waals surface area contributed by atoms with Crippen molar-refractivity contribution in [3.8, 4) is 0 Å². The molecule has 0 saturated carbocycles. The number of halogens is 3. The maximum Gasteiger partial charge on any atom is 0.407 e. The summed E-state index contributed by atoms with van der Waals surface area (Å²) in [6.07, 6.45) is -1.01. The molecule has 2 N–H and O–H groups in total. The summed E-state index contributed by atoms with van der Waals surface area (Å²) in [7, 11) is 0. The van der Waals surface area contributed by atoms with Crippen molar-refractivity contribution >= 4 is 61.3 Å². The van der Waals surface area contributed by atoms with E-state index >= 15 is 0 Å². The number of rotatable bonds is 7. The van der Waals surface area contributed by atoms with E-state index in [1.165, 1.54) is 28.4 Å². The number of carbonyl (C=O) groups is 1. The Labute approximate surface area is 200 Å². The number of carboxylic acid groups (broad SMARTS) is 1. The first-order valence-corrected chi connectivity index (χ1v) is 12.2. The largest absolute Gasteiger partial charge is 0.465 e. The second kappa shape index (κ2) is 9.84. The summed E-state index contributed by atoms with van der Waals surface area (Å²) in [6.45, 7) is 7.59. The number of thiazole rings is 1. The van der Waals surface area contributed by atoms with Crippen molar-refractivity contribution in [1.82, 2.24) is 19.9 Å². The van der Waals surface area contributed by atoms with Crippen LogP contribution in [0.2, 0.25) is 0 Å². The molecule has 0 spiro atoms. The van der Waals surface area contributed by atoms with E-state index in [4.69, 9.17) is 0 Å². The Morgan fingerprint density at radius 3 is 2.69 bits per heavy atom. The number of amides is 1. The van der Waals surface area contributed by atoms with E-state index in [9.17, 15) is 18.7 Å². The highest BCUT2D eigenvalue weighted by molar-refractivity contribution is 9.11. The molecule has 0 aliphatic rings. The monoisotopic (exact) mass is 545 g/mol. The second-order valence-corrected chi connectivity index (χ2v) is 11.3. The quantitative estimate of drug-likeness (QED) is 0.278. The first-order chi connectivity index (χ1) is 15.0. The second-order valence-electron chi connectivity index (χ2n) is 8.09. The summed E-state index contributed by atoms with van der Waals surface area (Å²) in [5.74, 6) is -1.14. The molecule has 32 heavy (non-hydrogen) atoms. The van der Waals surface area contributed by atoms with E-state index in [1.54, 1.807) is 0 Å². The molecule has 2 aromatic heterocycles. The molecule has 172 valence electrons. The SMILES string of the molecule is C[C@H](CN(C(=O)O)C(C)(C)C)Nc1nc(SCc2cccc(F)c2F)nc2nc(Br)sc12. The standard InChI is InChI=1S/C20H22BrF2N5O2S2/c1-10(8-28(19(29)30)20(2,3)4)24-15-14-16(25-17(21)32-14)27-18(26-15)31-9-11-6-5-7-12(22)13(11)23/h5-7,10H,8-9H2,1-4H3,(H,29,30)(H,24,26,27)/t10-/m1/s1. The highest BCUT2D eigenvalue weighted by Crippen LogP contribution is 2.33. The summed E-state index contributed by atoms with van der Waals surface area (Å²) < 4.78 is 28.8. The zero-order valence-electron chi connectivity index (χ0n) is 17.8. The molecule has 0 unspecified atom stereocenters. The van der Waals surface area contributed by atoms with Gasteiger partial charge in [-0.1, -0.05) is 23.9 Å². The van der Waals surface area contributed by atoms with Gasteiger partial charge >= 0.3 is 6.09 Å². The van der Waals surface area contributed by atoms with Crippen LogP contribution in [0.5, 0.6) is 0 Å². The van der Waals surface area contributed by atoms with E-state index in [2.05, 4.69) is 36.2 Å². The van der Waals surface area contributed by atoms with Gasteiger partial charge in [-0.3, -0.25) is 0 Å². The Bertz CT molecular complexity index is 1140. The normalized spacial score (nSPS) is 12.7. The molecular weight excluding hydrogens is 524 g/mol. The molecule has 0 saturated heterocycles. The lowest BCUT2D eigenvalue weighted by molar-refractivity contribution is 0.0984. The lowest BCUT2D eigenvalue weighted by Crippen LogP contribution is -2.49. The average Bonchev–Trinajstić information content (AvgIpc) is 3.06. The van der Waals surface area contributed by atoms with Crippen LogP contribution in [0.15, 0.2) is 27.3 Å². The number of anilines is 1. The van der Waals surface area contributed by atoms with Crippen molar-refractivity contribution in [2.24, 2.45) is 0 Å². The van der Waals surface area contributed by atoms with Gasteiger partial charge in [0.2, 0.25) is 0 Å². The van der Waals surface area contributed by atoms with Crippen molar-refractivity contribution in [3.05, 3.63) is 39.3 Å². The Morgan fingerprint density at radius 1 is 1.31 bits per heavy atom. The maximum atomic E-state index is 14.0. The van der Waals surface area contributed by atoms with Gasteiger partial charge in [-0.2, -0.15) is 0 Å². The van der Waals surface area contributed by atoms with Gasteiger partial charge < -0.3 is 15.3 Å². The molecule has 3 rings (SSSR count). The van der Waals surface area contributed by atoms with Crippen molar-refractivity contribution < 1.29 is 18.7 Å². The number of thioether (sulfide) groups is 1. The summed E-state index contributed by atoms with van der Waals surface area (Å²) >= 11 is 5.87. The van der Waals surface area contributed by atoms with Gasteiger partial charge in [0.05, 0.1) is 0 Å². The predicted molar refractivity (Wildman–Crippen MR) is 126 cm³/mol. The zero-order chi connectivity index (χ0) is 23.6. The van der Waals surface area contributed by atoms with Crippen molar-refractivity contribution in [2.45, 2.75) is 50.2 Å². The van der Waals surface area contributed by atoms with Crippen LogP contribution in [-0.4, -0.2) is 49.2 Å². The molecule has 1 aromatic carbocycles. The molecule has 1 atom stereocenters. The molecular formula is C20H22BrF2N5O2S2. The lowest BCUT2D eigenvalue weighted by Gasteiger charge is -2.35. The number of nitrogens with one attached hydrogen (secondary N) is 1. The summed E-state index contributed by atoms with van der Waals surface area (Å²) in [6, 6.07) is 3.77. The summed E-state index contributed by atoms with van der Waals surface area (Å²) in [4.78, 5) is 26.3. The first kappa shape index (κ1) is 24.6. The van der Waals surface area contributed by atoms with Gasteiger partial charge in [-0.05, 0) is 49.7 Å². The Kier molecular flexibility index (Phi) is 7.56. The van der Waals surface area contributed by atoms with Gasteiger partial charge in [0, 0.05) is 29.4 Å². The molecule has 2 heterocycles. The van der Waals surface area contributed by atoms with Crippen LogP contribution in [0.25, 0.3) is 10.3 Å². The van der Waals surface area contributed by atoms with Crippen molar-refractivity contribution in [2.75, 3.05) is 11.9 Å². The molecule has 1 amide bonds. The van der Waals surface area contributed by atoms with Crippen molar-refractivity contribution in [1.29, 1.82) is 0 Å². The number of hydrogen-bond acceptors (Lipinski definition) is 7. The van der Waals surface area contributed by atoms with Crippen LogP contribution in [0, 0.1) is 11.6 Å². The first-order valence-electron chi connectivity index (χ1n) is 9.62. The third-order valence-electron chi connectivity index (χ3n) is 4.48. The fourth-order valence-corrected chi connectivity index (χ4v) is 5.09. The van der Waals surface area contributed by atoms with E-state index in [1.807, 2.05) is 27.7 Å². The molecule has 0 radical (unpaired) electrons. The van der Waals surface area contributed by atoms with Gasteiger partial charge in [0.15, 0.2) is 32.2 Å². The maximum absolute atomic E-state index is 14.0. The number of fused-ring (bicyclic) bond motifs is 1. The summed E-state index contributed by atoms with van der Waals surface area (Å²) in [5.41, 5.74) is 0.106. The van der Waals surface area contributed by atoms with Crippen LogP contribution in [0.3, 0.4) is 0 Å². The van der Waals surface area contributed by atoms with Crippen LogP contribution < -0.4 is 5.32 Å². The van der Waals surface area contributed by atoms with Gasteiger partial charge in [-0.25, -0.2) is 28.5 Å². The Morgan fingerprint density at radius 2 is 2.03 bits per heavy atom. The Balaban J connectivity index is 1.84. The fraction of sp³-hybridized carbons (Fsp3) is 0.400. The smallest absolute Gasteiger partial charge is 0.407 e. The molecule has 12 heteroatoms. The highest BCUT2D eigenvalue weighted by atomic mass is 79.9. The average molecular weight is 546 g/mol. The number of aromatic nitrogens is 3.